The predicted molar refractivity (Wildman–Crippen MR) is 140 cm³/mol. The van der Waals surface area contributed by atoms with Crippen LogP contribution in [0.25, 0.3) is 32.4 Å². The van der Waals surface area contributed by atoms with Crippen LogP contribution < -0.4 is 15.1 Å². The van der Waals surface area contributed by atoms with Crippen molar-refractivity contribution < 1.29 is 4.42 Å². The summed E-state index contributed by atoms with van der Waals surface area (Å²) < 4.78 is 6.48. The summed E-state index contributed by atoms with van der Waals surface area (Å²) in [5.41, 5.74) is 9.29. The molecule has 8 rings (SSSR count). The third-order valence-corrected chi connectivity index (χ3v) is 7.86. The molecule has 0 saturated carbocycles. The van der Waals surface area contributed by atoms with E-state index < -0.39 is 0 Å². The predicted octanol–water partition coefficient (Wildman–Crippen LogP) is 7.31. The first kappa shape index (κ1) is 17.6. The second kappa shape index (κ2) is 6.30. The van der Waals surface area contributed by atoms with E-state index in [1.807, 2.05) is 17.4 Å². The van der Waals surface area contributed by atoms with Crippen molar-refractivity contribution in [1.29, 1.82) is 0 Å². The van der Waals surface area contributed by atoms with Gasteiger partial charge >= 0.3 is 6.98 Å². The maximum Gasteiger partial charge on any atom is 0.421 e. The number of nitrogens with zero attached hydrogens (tertiary/aromatic N) is 2. The Morgan fingerprint density at radius 3 is 2.21 bits per heavy atom. The average Bonchev–Trinajstić information content (AvgIpc) is 3.58. The highest BCUT2D eigenvalue weighted by molar-refractivity contribution is 7.15. The summed E-state index contributed by atoms with van der Waals surface area (Å²) in [5, 5.41) is 4.51. The molecule has 3 nitrogen and oxygen atoms in total. The summed E-state index contributed by atoms with van der Waals surface area (Å²) in [6.45, 7) is 0.0273. The Hall–Kier alpha value is -3.96. The van der Waals surface area contributed by atoms with Crippen molar-refractivity contribution in [3.05, 3.63) is 102 Å². The van der Waals surface area contributed by atoms with Crippen LogP contribution in [-0.4, -0.2) is 6.98 Å². The lowest BCUT2D eigenvalue weighted by atomic mass is 9.60. The maximum absolute atomic E-state index is 6.48. The number of anilines is 4. The van der Waals surface area contributed by atoms with Gasteiger partial charge in [-0.1, -0.05) is 66.7 Å². The zero-order valence-corrected chi connectivity index (χ0v) is 18.4. The van der Waals surface area contributed by atoms with Crippen LogP contribution in [0.15, 0.2) is 107 Å². The number of rotatable bonds is 1. The Balaban J connectivity index is 1.47. The second-order valence-electron chi connectivity index (χ2n) is 8.58. The van der Waals surface area contributed by atoms with Gasteiger partial charge in [0.1, 0.15) is 5.58 Å². The van der Waals surface area contributed by atoms with E-state index in [-0.39, 0.29) is 6.98 Å². The SMILES string of the molecule is c1ccc2c(c1)B1N(c3ccccc3N1c1cccc3c1oc1ccccc13)c1ccsc1-2. The van der Waals surface area contributed by atoms with Gasteiger partial charge in [-0.25, -0.2) is 0 Å². The van der Waals surface area contributed by atoms with Gasteiger partial charge in [-0.15, -0.1) is 11.3 Å². The Kier molecular flexibility index (Phi) is 3.36. The van der Waals surface area contributed by atoms with Crippen molar-refractivity contribution in [2.75, 3.05) is 9.62 Å². The molecule has 2 aliphatic rings. The van der Waals surface area contributed by atoms with Crippen molar-refractivity contribution in [2.24, 2.45) is 0 Å². The summed E-state index contributed by atoms with van der Waals surface area (Å²) in [4.78, 5) is 6.28. The molecule has 0 aliphatic carbocycles. The third kappa shape index (κ3) is 2.20. The molecule has 0 N–H and O–H groups in total. The highest BCUT2D eigenvalue weighted by Crippen LogP contribution is 2.53. The third-order valence-electron chi connectivity index (χ3n) is 6.92. The van der Waals surface area contributed by atoms with Gasteiger partial charge in [-0.3, -0.25) is 0 Å². The Labute approximate surface area is 195 Å². The number of benzene rings is 4. The van der Waals surface area contributed by atoms with Crippen LogP contribution in [0.4, 0.5) is 22.7 Å². The van der Waals surface area contributed by atoms with Gasteiger partial charge in [0.05, 0.1) is 21.9 Å². The number of furan rings is 1. The van der Waals surface area contributed by atoms with Crippen molar-refractivity contribution in [1.82, 2.24) is 0 Å². The summed E-state index contributed by atoms with van der Waals surface area (Å²) in [5.74, 6) is 0. The summed E-state index contributed by atoms with van der Waals surface area (Å²) in [7, 11) is 0. The molecule has 0 radical (unpaired) electrons. The summed E-state index contributed by atoms with van der Waals surface area (Å²) in [6.07, 6.45) is 0. The minimum Gasteiger partial charge on any atom is -0.454 e. The lowest BCUT2D eigenvalue weighted by Gasteiger charge is -2.34. The highest BCUT2D eigenvalue weighted by atomic mass is 32.1. The molecular weight excluding hydrogens is 423 g/mol. The quantitative estimate of drug-likeness (QED) is 0.250. The van der Waals surface area contributed by atoms with Gasteiger partial charge in [-0.05, 0) is 46.7 Å². The molecule has 5 heteroatoms. The van der Waals surface area contributed by atoms with Crippen LogP contribution in [0.5, 0.6) is 0 Å². The summed E-state index contributed by atoms with van der Waals surface area (Å²) in [6, 6.07) is 34.6. The minimum absolute atomic E-state index is 0.0273. The number of fused-ring (bicyclic) bond motifs is 11. The molecule has 4 heterocycles. The number of para-hydroxylation sites is 4. The zero-order valence-electron chi connectivity index (χ0n) is 17.6. The average molecular weight is 440 g/mol. The van der Waals surface area contributed by atoms with Gasteiger partial charge in [0, 0.05) is 16.5 Å². The first-order chi connectivity index (χ1) is 16.4. The van der Waals surface area contributed by atoms with Crippen molar-refractivity contribution in [3.8, 4) is 10.4 Å². The van der Waals surface area contributed by atoms with Gasteiger partial charge in [0.2, 0.25) is 0 Å². The minimum atomic E-state index is 0.0273. The number of hydrogen-bond donors (Lipinski definition) is 0. The van der Waals surface area contributed by atoms with Crippen molar-refractivity contribution in [2.45, 2.75) is 0 Å². The highest BCUT2D eigenvalue weighted by Gasteiger charge is 2.48. The largest absolute Gasteiger partial charge is 0.454 e. The molecule has 0 fully saturated rings. The lowest BCUT2D eigenvalue weighted by molar-refractivity contribution is 0.669. The van der Waals surface area contributed by atoms with Gasteiger partial charge in [0.15, 0.2) is 5.58 Å². The molecule has 0 amide bonds. The molecule has 0 atom stereocenters. The maximum atomic E-state index is 6.48. The van der Waals surface area contributed by atoms with E-state index in [1.165, 1.54) is 33.0 Å². The Bertz CT molecular complexity index is 1720. The zero-order chi connectivity index (χ0) is 21.5. The molecule has 2 aliphatic heterocycles. The molecule has 4 aromatic carbocycles. The first-order valence-electron chi connectivity index (χ1n) is 11.1. The van der Waals surface area contributed by atoms with E-state index in [4.69, 9.17) is 4.42 Å². The smallest absolute Gasteiger partial charge is 0.421 e. The van der Waals surface area contributed by atoms with E-state index in [0.717, 1.165) is 27.6 Å². The first-order valence-corrected chi connectivity index (χ1v) is 12.0. The van der Waals surface area contributed by atoms with E-state index in [1.54, 1.807) is 0 Å². The molecule has 0 unspecified atom stereocenters. The van der Waals surface area contributed by atoms with E-state index >= 15 is 0 Å². The molecule has 0 saturated heterocycles. The summed E-state index contributed by atoms with van der Waals surface area (Å²) >= 11 is 1.82. The molecule has 6 aromatic rings. The van der Waals surface area contributed by atoms with E-state index in [0.29, 0.717) is 0 Å². The molecule has 2 aromatic heterocycles. The van der Waals surface area contributed by atoms with Gasteiger partial charge in [-0.2, -0.15) is 0 Å². The van der Waals surface area contributed by atoms with Crippen LogP contribution in [-0.2, 0) is 0 Å². The van der Waals surface area contributed by atoms with Gasteiger partial charge in [0.25, 0.3) is 0 Å². The van der Waals surface area contributed by atoms with Crippen LogP contribution >= 0.6 is 11.3 Å². The Morgan fingerprint density at radius 2 is 1.30 bits per heavy atom. The van der Waals surface area contributed by atoms with E-state index in [9.17, 15) is 0 Å². The topological polar surface area (TPSA) is 19.6 Å². The van der Waals surface area contributed by atoms with Crippen molar-refractivity contribution >= 4 is 68.5 Å². The Morgan fingerprint density at radius 1 is 0.606 bits per heavy atom. The fourth-order valence-corrected chi connectivity index (χ4v) is 6.53. The molecule has 0 bridgehead atoms. The normalized spacial score (nSPS) is 13.9. The second-order valence-corrected chi connectivity index (χ2v) is 9.49. The lowest BCUT2D eigenvalue weighted by Crippen LogP contribution is -2.55. The number of thiophene rings is 1. The van der Waals surface area contributed by atoms with Crippen LogP contribution in [0.3, 0.4) is 0 Å². The van der Waals surface area contributed by atoms with Crippen LogP contribution in [0, 0.1) is 0 Å². The van der Waals surface area contributed by atoms with E-state index in [2.05, 4.69) is 106 Å². The van der Waals surface area contributed by atoms with Crippen molar-refractivity contribution in [3.63, 3.8) is 0 Å². The number of hydrogen-bond acceptors (Lipinski definition) is 4. The molecule has 0 spiro atoms. The fourth-order valence-electron chi connectivity index (χ4n) is 5.60. The monoisotopic (exact) mass is 440 g/mol. The molecule has 154 valence electrons. The molecular formula is C28H17BN2OS. The fraction of sp³-hybridized carbons (Fsp3) is 0. The molecule has 33 heavy (non-hydrogen) atoms. The standard InChI is InChI=1S/C28H17BN2OS/c1-3-11-21-20(9-1)28-25(16-17-33-28)31-23-13-5-4-12-22(23)30(29(21)31)24-14-7-10-19-18-8-2-6-15-26(18)32-27(19)24/h1-17H. The van der Waals surface area contributed by atoms with Crippen LogP contribution in [0.2, 0.25) is 0 Å². The van der Waals surface area contributed by atoms with Crippen LogP contribution in [0.1, 0.15) is 0 Å². The van der Waals surface area contributed by atoms with Gasteiger partial charge < -0.3 is 14.0 Å².